The Morgan fingerprint density at radius 2 is 2.12 bits per heavy atom. The molecule has 1 atom stereocenters. The summed E-state index contributed by atoms with van der Waals surface area (Å²) in [7, 11) is 1.88. The second-order valence-corrected chi connectivity index (χ2v) is 4.78. The van der Waals surface area contributed by atoms with E-state index in [1.807, 2.05) is 32.3 Å². The predicted octanol–water partition coefficient (Wildman–Crippen LogP) is 3.90. The molecule has 5 heteroatoms. The standard InChI is InChI=1S/C12H13Cl2N3/c1-8(16-10-6-15-17(2)7-10)11-4-3-9(13)5-12(11)14/h3-8,16H,1-2H3. The zero-order chi connectivity index (χ0) is 12.4. The Morgan fingerprint density at radius 3 is 2.71 bits per heavy atom. The minimum Gasteiger partial charge on any atom is -0.376 e. The van der Waals surface area contributed by atoms with Crippen molar-refractivity contribution in [2.45, 2.75) is 13.0 Å². The highest BCUT2D eigenvalue weighted by Gasteiger charge is 2.10. The van der Waals surface area contributed by atoms with Gasteiger partial charge in [-0.25, -0.2) is 0 Å². The van der Waals surface area contributed by atoms with Crippen LogP contribution >= 0.6 is 23.2 Å². The molecule has 0 bridgehead atoms. The van der Waals surface area contributed by atoms with Gasteiger partial charge in [0.15, 0.2) is 0 Å². The van der Waals surface area contributed by atoms with Crippen molar-refractivity contribution < 1.29 is 0 Å². The Balaban J connectivity index is 2.17. The first-order chi connectivity index (χ1) is 8.06. The lowest BCUT2D eigenvalue weighted by molar-refractivity contribution is 0.767. The van der Waals surface area contributed by atoms with Crippen LogP contribution in [0, 0.1) is 0 Å². The van der Waals surface area contributed by atoms with E-state index in [1.165, 1.54) is 0 Å². The lowest BCUT2D eigenvalue weighted by Gasteiger charge is -2.15. The van der Waals surface area contributed by atoms with E-state index in [1.54, 1.807) is 16.9 Å². The number of nitrogens with one attached hydrogen (secondary N) is 1. The monoisotopic (exact) mass is 269 g/mol. The average molecular weight is 270 g/mol. The van der Waals surface area contributed by atoms with Crippen LogP contribution in [0.2, 0.25) is 10.0 Å². The largest absolute Gasteiger partial charge is 0.376 e. The molecule has 0 saturated heterocycles. The fourth-order valence-corrected chi connectivity index (χ4v) is 2.25. The summed E-state index contributed by atoms with van der Waals surface area (Å²) >= 11 is 12.0. The van der Waals surface area contributed by atoms with Crippen LogP contribution in [0.3, 0.4) is 0 Å². The molecule has 0 radical (unpaired) electrons. The summed E-state index contributed by atoms with van der Waals surface area (Å²) in [5.74, 6) is 0. The van der Waals surface area contributed by atoms with Crippen LogP contribution in [0.25, 0.3) is 0 Å². The number of anilines is 1. The van der Waals surface area contributed by atoms with Crippen LogP contribution < -0.4 is 5.32 Å². The molecular weight excluding hydrogens is 257 g/mol. The van der Waals surface area contributed by atoms with E-state index in [-0.39, 0.29) is 6.04 Å². The summed E-state index contributed by atoms with van der Waals surface area (Å²) in [4.78, 5) is 0. The van der Waals surface area contributed by atoms with Crippen LogP contribution in [0.1, 0.15) is 18.5 Å². The molecule has 3 nitrogen and oxygen atoms in total. The number of aromatic nitrogens is 2. The summed E-state index contributed by atoms with van der Waals surface area (Å²) < 4.78 is 1.75. The van der Waals surface area contributed by atoms with Gasteiger partial charge in [0.25, 0.3) is 0 Å². The zero-order valence-electron chi connectivity index (χ0n) is 9.61. The summed E-state index contributed by atoms with van der Waals surface area (Å²) in [6, 6.07) is 5.62. The van der Waals surface area contributed by atoms with Gasteiger partial charge in [-0.05, 0) is 24.6 Å². The molecule has 0 aliphatic carbocycles. The Labute approximate surface area is 110 Å². The van der Waals surface area contributed by atoms with Gasteiger partial charge in [-0.1, -0.05) is 29.3 Å². The van der Waals surface area contributed by atoms with Gasteiger partial charge in [-0.2, -0.15) is 5.10 Å². The maximum Gasteiger partial charge on any atom is 0.0731 e. The molecule has 1 aromatic carbocycles. The van der Waals surface area contributed by atoms with Gasteiger partial charge in [-0.3, -0.25) is 4.68 Å². The molecular formula is C12H13Cl2N3. The molecule has 1 aromatic heterocycles. The second kappa shape index (κ2) is 4.98. The summed E-state index contributed by atoms with van der Waals surface area (Å²) in [5, 5.41) is 8.74. The van der Waals surface area contributed by atoms with Crippen LogP contribution in [0.5, 0.6) is 0 Å². The van der Waals surface area contributed by atoms with Crippen molar-refractivity contribution in [3.05, 3.63) is 46.2 Å². The molecule has 0 aliphatic rings. The average Bonchev–Trinajstić information content (AvgIpc) is 2.63. The Morgan fingerprint density at radius 1 is 1.35 bits per heavy atom. The number of hydrogen-bond donors (Lipinski definition) is 1. The third-order valence-corrected chi connectivity index (χ3v) is 3.08. The van der Waals surface area contributed by atoms with Gasteiger partial charge >= 0.3 is 0 Å². The highest BCUT2D eigenvalue weighted by molar-refractivity contribution is 6.35. The molecule has 0 spiro atoms. The molecule has 1 heterocycles. The molecule has 2 aromatic rings. The first-order valence-electron chi connectivity index (χ1n) is 5.26. The van der Waals surface area contributed by atoms with Gasteiger partial charge in [0.2, 0.25) is 0 Å². The third kappa shape index (κ3) is 2.93. The number of aryl methyl sites for hydroxylation is 1. The number of hydrogen-bond acceptors (Lipinski definition) is 2. The Kier molecular flexibility index (Phi) is 3.60. The Hall–Kier alpha value is -1.19. The van der Waals surface area contributed by atoms with Crippen LogP contribution in [-0.4, -0.2) is 9.78 Å². The maximum absolute atomic E-state index is 6.15. The summed E-state index contributed by atoms with van der Waals surface area (Å²) in [6.07, 6.45) is 3.70. The molecule has 0 aliphatic heterocycles. The van der Waals surface area contributed by atoms with Crippen molar-refractivity contribution in [2.75, 3.05) is 5.32 Å². The van der Waals surface area contributed by atoms with E-state index in [9.17, 15) is 0 Å². The minimum absolute atomic E-state index is 0.101. The van der Waals surface area contributed by atoms with Crippen LogP contribution in [-0.2, 0) is 7.05 Å². The van der Waals surface area contributed by atoms with Gasteiger partial charge in [0, 0.05) is 23.3 Å². The molecule has 0 fully saturated rings. The summed E-state index contributed by atoms with van der Waals surface area (Å²) in [5.41, 5.74) is 1.98. The second-order valence-electron chi connectivity index (χ2n) is 3.93. The molecule has 17 heavy (non-hydrogen) atoms. The number of halogens is 2. The highest BCUT2D eigenvalue weighted by Crippen LogP contribution is 2.28. The quantitative estimate of drug-likeness (QED) is 0.916. The van der Waals surface area contributed by atoms with Gasteiger partial charge in [0.05, 0.1) is 17.9 Å². The topological polar surface area (TPSA) is 29.9 Å². The first kappa shape index (κ1) is 12.3. The normalized spacial score (nSPS) is 12.5. The van der Waals surface area contributed by atoms with Gasteiger partial charge in [0.1, 0.15) is 0 Å². The smallest absolute Gasteiger partial charge is 0.0731 e. The van der Waals surface area contributed by atoms with E-state index >= 15 is 0 Å². The van der Waals surface area contributed by atoms with E-state index < -0.39 is 0 Å². The minimum atomic E-state index is 0.101. The van der Waals surface area contributed by atoms with Gasteiger partial charge < -0.3 is 5.32 Å². The van der Waals surface area contributed by atoms with Crippen molar-refractivity contribution in [1.82, 2.24) is 9.78 Å². The van der Waals surface area contributed by atoms with Crippen molar-refractivity contribution in [3.63, 3.8) is 0 Å². The van der Waals surface area contributed by atoms with Crippen molar-refractivity contribution in [1.29, 1.82) is 0 Å². The zero-order valence-corrected chi connectivity index (χ0v) is 11.1. The van der Waals surface area contributed by atoms with Crippen molar-refractivity contribution >= 4 is 28.9 Å². The number of nitrogens with zero attached hydrogens (tertiary/aromatic N) is 2. The lowest BCUT2D eigenvalue weighted by Crippen LogP contribution is -2.06. The van der Waals surface area contributed by atoms with Crippen LogP contribution in [0.15, 0.2) is 30.6 Å². The molecule has 2 rings (SSSR count). The fraction of sp³-hybridized carbons (Fsp3) is 0.250. The van der Waals surface area contributed by atoms with Gasteiger partial charge in [-0.15, -0.1) is 0 Å². The molecule has 1 N–H and O–H groups in total. The molecule has 0 amide bonds. The van der Waals surface area contributed by atoms with E-state index in [0.717, 1.165) is 11.3 Å². The van der Waals surface area contributed by atoms with E-state index in [4.69, 9.17) is 23.2 Å². The van der Waals surface area contributed by atoms with Crippen LogP contribution in [0.4, 0.5) is 5.69 Å². The predicted molar refractivity (Wildman–Crippen MR) is 71.7 cm³/mol. The summed E-state index contributed by atoms with van der Waals surface area (Å²) in [6.45, 7) is 2.04. The van der Waals surface area contributed by atoms with E-state index in [0.29, 0.717) is 10.0 Å². The molecule has 90 valence electrons. The SMILES string of the molecule is CC(Nc1cnn(C)c1)c1ccc(Cl)cc1Cl. The number of rotatable bonds is 3. The molecule has 0 saturated carbocycles. The first-order valence-corrected chi connectivity index (χ1v) is 6.02. The lowest BCUT2D eigenvalue weighted by atomic mass is 10.1. The molecule has 1 unspecified atom stereocenters. The van der Waals surface area contributed by atoms with Crippen molar-refractivity contribution in [2.24, 2.45) is 7.05 Å². The number of benzene rings is 1. The Bertz CT molecular complexity index is 522. The fourth-order valence-electron chi connectivity index (χ4n) is 1.68. The van der Waals surface area contributed by atoms with E-state index in [2.05, 4.69) is 10.4 Å². The maximum atomic E-state index is 6.15. The van der Waals surface area contributed by atoms with Crippen molar-refractivity contribution in [3.8, 4) is 0 Å². The highest BCUT2D eigenvalue weighted by atomic mass is 35.5. The third-order valence-electron chi connectivity index (χ3n) is 2.52.